The van der Waals surface area contributed by atoms with E-state index in [0.29, 0.717) is 29.2 Å². The first-order valence-electron chi connectivity index (χ1n) is 6.57. The zero-order chi connectivity index (χ0) is 13.4. The molecule has 1 aromatic carbocycles. The number of carbonyl (C=O) groups excluding carboxylic acids is 1. The zero-order valence-corrected chi connectivity index (χ0v) is 10.9. The van der Waals surface area contributed by atoms with Gasteiger partial charge in [-0.3, -0.25) is 4.79 Å². The third-order valence-electron chi connectivity index (χ3n) is 4.28. The first-order chi connectivity index (χ1) is 9.22. The molecule has 0 aromatic heterocycles. The van der Waals surface area contributed by atoms with Crippen molar-refractivity contribution >= 4 is 5.91 Å². The highest BCUT2D eigenvalue weighted by molar-refractivity contribution is 5.95. The van der Waals surface area contributed by atoms with Crippen molar-refractivity contribution in [3.8, 4) is 6.07 Å². The molecule has 2 bridgehead atoms. The van der Waals surface area contributed by atoms with Crippen molar-refractivity contribution in [1.29, 1.82) is 5.26 Å². The summed E-state index contributed by atoms with van der Waals surface area (Å²) >= 11 is 0. The number of nitriles is 1. The summed E-state index contributed by atoms with van der Waals surface area (Å²) in [6.07, 6.45) is 2.28. The van der Waals surface area contributed by atoms with Crippen LogP contribution < -0.4 is 0 Å². The van der Waals surface area contributed by atoms with E-state index in [0.717, 1.165) is 19.4 Å². The van der Waals surface area contributed by atoms with Gasteiger partial charge in [-0.15, -0.1) is 0 Å². The van der Waals surface area contributed by atoms with Crippen molar-refractivity contribution in [3.05, 3.63) is 35.4 Å². The number of hydrogen-bond acceptors (Lipinski definition) is 3. The van der Waals surface area contributed by atoms with Crippen LogP contribution in [0.5, 0.6) is 0 Å². The molecular formula is C15H16N2O2. The van der Waals surface area contributed by atoms with E-state index in [9.17, 15) is 4.79 Å². The fourth-order valence-electron chi connectivity index (χ4n) is 3.33. The minimum Gasteiger partial charge on any atom is -0.381 e. The van der Waals surface area contributed by atoms with E-state index in [1.54, 1.807) is 31.4 Å². The molecule has 1 saturated carbocycles. The molecule has 0 spiro atoms. The lowest BCUT2D eigenvalue weighted by molar-refractivity contribution is 0.0294. The Morgan fingerprint density at radius 3 is 2.95 bits per heavy atom. The molecule has 4 nitrogen and oxygen atoms in total. The maximum Gasteiger partial charge on any atom is 0.254 e. The van der Waals surface area contributed by atoms with E-state index in [2.05, 4.69) is 6.07 Å². The number of carbonyl (C=O) groups is 1. The normalized spacial score (nSPS) is 28.4. The molecule has 0 radical (unpaired) electrons. The number of nitrogens with zero attached hydrogens (tertiary/aromatic N) is 2. The van der Waals surface area contributed by atoms with Gasteiger partial charge in [0.2, 0.25) is 0 Å². The van der Waals surface area contributed by atoms with E-state index in [1.165, 1.54) is 0 Å². The Hall–Kier alpha value is -1.86. The summed E-state index contributed by atoms with van der Waals surface area (Å²) in [6, 6.07) is 9.30. The van der Waals surface area contributed by atoms with E-state index >= 15 is 0 Å². The molecule has 3 atom stereocenters. The average Bonchev–Trinajstić information content (AvgIpc) is 3.06. The third kappa shape index (κ3) is 2.00. The van der Waals surface area contributed by atoms with Gasteiger partial charge in [-0.25, -0.2) is 0 Å². The molecule has 1 saturated heterocycles. The molecule has 1 aliphatic heterocycles. The summed E-state index contributed by atoms with van der Waals surface area (Å²) < 4.78 is 5.43. The van der Waals surface area contributed by atoms with Crippen molar-refractivity contribution in [2.75, 3.05) is 13.7 Å². The van der Waals surface area contributed by atoms with Crippen LogP contribution in [0.15, 0.2) is 24.3 Å². The van der Waals surface area contributed by atoms with Crippen molar-refractivity contribution in [3.63, 3.8) is 0 Å². The number of hydrogen-bond donors (Lipinski definition) is 0. The molecule has 2 aliphatic rings. The summed E-state index contributed by atoms with van der Waals surface area (Å²) in [6.45, 7) is 0.777. The van der Waals surface area contributed by atoms with Gasteiger partial charge in [0.15, 0.2) is 0 Å². The largest absolute Gasteiger partial charge is 0.381 e. The van der Waals surface area contributed by atoms with E-state index < -0.39 is 0 Å². The second-order valence-electron chi connectivity index (χ2n) is 5.31. The van der Waals surface area contributed by atoms with E-state index in [-0.39, 0.29) is 5.91 Å². The van der Waals surface area contributed by atoms with Gasteiger partial charge in [0.05, 0.1) is 17.7 Å². The Bertz CT molecular complexity index is 549. The standard InChI is InChI=1S/C15H16N2O2/c1-19-14-7-13-6-12(14)9-17(13)15(18)11-4-2-3-10(5-11)8-16/h2-5,12-14H,6-7,9H2,1H3/t12-,13+,14+/m0/s1. The summed E-state index contributed by atoms with van der Waals surface area (Å²) in [5.41, 5.74) is 1.14. The van der Waals surface area contributed by atoms with Gasteiger partial charge in [-0.05, 0) is 31.0 Å². The number of benzene rings is 1. The number of piperidine rings is 1. The monoisotopic (exact) mass is 256 g/mol. The van der Waals surface area contributed by atoms with Gasteiger partial charge in [0, 0.05) is 31.2 Å². The van der Waals surface area contributed by atoms with Crippen LogP contribution in [-0.4, -0.2) is 36.6 Å². The Labute approximate surface area is 112 Å². The van der Waals surface area contributed by atoms with Crippen LogP contribution in [0.25, 0.3) is 0 Å². The smallest absolute Gasteiger partial charge is 0.254 e. The van der Waals surface area contributed by atoms with Crippen molar-refractivity contribution < 1.29 is 9.53 Å². The van der Waals surface area contributed by atoms with Crippen LogP contribution in [0.1, 0.15) is 28.8 Å². The van der Waals surface area contributed by atoms with Crippen LogP contribution in [0.4, 0.5) is 0 Å². The van der Waals surface area contributed by atoms with Crippen LogP contribution >= 0.6 is 0 Å². The third-order valence-corrected chi connectivity index (χ3v) is 4.28. The molecule has 4 heteroatoms. The molecule has 2 fully saturated rings. The van der Waals surface area contributed by atoms with Crippen LogP contribution in [0, 0.1) is 17.2 Å². The molecule has 3 rings (SSSR count). The topological polar surface area (TPSA) is 53.3 Å². The van der Waals surface area contributed by atoms with Crippen molar-refractivity contribution in [1.82, 2.24) is 4.90 Å². The molecule has 0 N–H and O–H groups in total. The SMILES string of the molecule is CO[C@@H]1C[C@H]2C[C@H]1CN2C(=O)c1cccc(C#N)c1. The predicted octanol–water partition coefficient (Wildman–Crippen LogP) is 1.81. The van der Waals surface area contributed by atoms with Gasteiger partial charge in [-0.1, -0.05) is 6.07 Å². The maximum absolute atomic E-state index is 12.5. The second-order valence-corrected chi connectivity index (χ2v) is 5.31. The summed E-state index contributed by atoms with van der Waals surface area (Å²) in [5, 5.41) is 8.89. The molecule has 19 heavy (non-hydrogen) atoms. The number of amides is 1. The van der Waals surface area contributed by atoms with Crippen molar-refractivity contribution in [2.45, 2.75) is 25.0 Å². The Morgan fingerprint density at radius 2 is 2.32 bits per heavy atom. The summed E-state index contributed by atoms with van der Waals surface area (Å²) in [5.74, 6) is 0.511. The highest BCUT2D eigenvalue weighted by Crippen LogP contribution is 2.39. The van der Waals surface area contributed by atoms with Crippen LogP contribution in [0.2, 0.25) is 0 Å². The van der Waals surface area contributed by atoms with Crippen LogP contribution in [-0.2, 0) is 4.74 Å². The lowest BCUT2D eigenvalue weighted by atomic mass is 10.0. The fourth-order valence-corrected chi connectivity index (χ4v) is 3.33. The minimum atomic E-state index is 0.0409. The maximum atomic E-state index is 12.5. The first-order valence-corrected chi connectivity index (χ1v) is 6.57. The lowest BCUT2D eigenvalue weighted by Gasteiger charge is -2.31. The second kappa shape index (κ2) is 4.67. The van der Waals surface area contributed by atoms with Gasteiger partial charge >= 0.3 is 0 Å². The number of rotatable bonds is 2. The molecule has 0 unspecified atom stereocenters. The fraction of sp³-hybridized carbons (Fsp3) is 0.467. The zero-order valence-electron chi connectivity index (χ0n) is 10.9. The molecular weight excluding hydrogens is 240 g/mol. The minimum absolute atomic E-state index is 0.0409. The lowest BCUT2D eigenvalue weighted by Crippen LogP contribution is -2.42. The van der Waals surface area contributed by atoms with Gasteiger partial charge in [0.1, 0.15) is 0 Å². The average molecular weight is 256 g/mol. The number of likely N-dealkylation sites (tertiary alicyclic amines) is 1. The van der Waals surface area contributed by atoms with Gasteiger partial charge in [0.25, 0.3) is 5.91 Å². The van der Waals surface area contributed by atoms with Crippen LogP contribution in [0.3, 0.4) is 0 Å². The first kappa shape index (κ1) is 12.2. The molecule has 1 aliphatic carbocycles. The number of fused-ring (bicyclic) bond motifs is 2. The Morgan fingerprint density at radius 1 is 1.47 bits per heavy atom. The Kier molecular flexibility index (Phi) is 3.00. The quantitative estimate of drug-likeness (QED) is 0.811. The molecule has 98 valence electrons. The molecule has 1 amide bonds. The molecule has 1 heterocycles. The predicted molar refractivity (Wildman–Crippen MR) is 69.5 cm³/mol. The van der Waals surface area contributed by atoms with Crippen molar-refractivity contribution in [2.24, 2.45) is 5.92 Å². The summed E-state index contributed by atoms with van der Waals surface area (Å²) in [4.78, 5) is 14.4. The Balaban J connectivity index is 1.78. The summed E-state index contributed by atoms with van der Waals surface area (Å²) in [7, 11) is 1.74. The highest BCUT2D eigenvalue weighted by Gasteiger charge is 2.46. The van der Waals surface area contributed by atoms with Gasteiger partial charge < -0.3 is 9.64 Å². The van der Waals surface area contributed by atoms with Gasteiger partial charge in [-0.2, -0.15) is 5.26 Å². The highest BCUT2D eigenvalue weighted by atomic mass is 16.5. The van der Waals surface area contributed by atoms with E-state index in [1.807, 2.05) is 4.90 Å². The van der Waals surface area contributed by atoms with E-state index in [4.69, 9.17) is 10.00 Å². The number of ether oxygens (including phenoxy) is 1. The number of methoxy groups -OCH3 is 1. The molecule has 1 aromatic rings.